The van der Waals surface area contributed by atoms with Gasteiger partial charge in [-0.1, -0.05) is 20.8 Å². The van der Waals surface area contributed by atoms with Gasteiger partial charge in [0, 0.05) is 19.2 Å². The second-order valence-electron chi connectivity index (χ2n) is 5.30. The quantitative estimate of drug-likeness (QED) is 0.751. The van der Waals surface area contributed by atoms with Gasteiger partial charge in [-0.25, -0.2) is 0 Å². The summed E-state index contributed by atoms with van der Waals surface area (Å²) in [6, 6.07) is 0.671. The van der Waals surface area contributed by atoms with E-state index in [2.05, 4.69) is 33.0 Å². The number of ether oxygens (including phenoxy) is 1. The van der Waals surface area contributed by atoms with Gasteiger partial charge in [0.2, 0.25) is 0 Å². The highest BCUT2D eigenvalue weighted by Crippen LogP contribution is 2.20. The summed E-state index contributed by atoms with van der Waals surface area (Å²) in [6.45, 7) is 11.1. The molecule has 0 bridgehead atoms. The van der Waals surface area contributed by atoms with Gasteiger partial charge >= 0.3 is 0 Å². The highest BCUT2D eigenvalue weighted by molar-refractivity contribution is 4.78. The van der Waals surface area contributed by atoms with Gasteiger partial charge in [0.05, 0.1) is 6.10 Å². The van der Waals surface area contributed by atoms with Crippen molar-refractivity contribution in [3.63, 3.8) is 0 Å². The van der Waals surface area contributed by atoms with E-state index < -0.39 is 0 Å². The Hall–Kier alpha value is -0.0800. The van der Waals surface area contributed by atoms with Gasteiger partial charge in [-0.2, -0.15) is 0 Å². The lowest BCUT2D eigenvalue weighted by Crippen LogP contribution is -2.42. The van der Waals surface area contributed by atoms with Crippen molar-refractivity contribution in [2.75, 3.05) is 13.2 Å². The van der Waals surface area contributed by atoms with Crippen LogP contribution in [0.4, 0.5) is 0 Å². The summed E-state index contributed by atoms with van der Waals surface area (Å²) in [6.07, 6.45) is 4.01. The Morgan fingerprint density at radius 3 is 2.71 bits per heavy atom. The van der Waals surface area contributed by atoms with E-state index in [1.807, 2.05) is 0 Å². The van der Waals surface area contributed by atoms with Crippen LogP contribution in [0.25, 0.3) is 0 Å². The van der Waals surface area contributed by atoms with Crippen molar-refractivity contribution < 1.29 is 4.74 Å². The highest BCUT2D eigenvalue weighted by Gasteiger charge is 2.21. The Labute approximate surface area is 88.4 Å². The Morgan fingerprint density at radius 2 is 2.14 bits per heavy atom. The zero-order valence-corrected chi connectivity index (χ0v) is 10.1. The summed E-state index contributed by atoms with van der Waals surface area (Å²) in [7, 11) is 0. The van der Waals surface area contributed by atoms with Gasteiger partial charge in [-0.15, -0.1) is 0 Å². The third-order valence-electron chi connectivity index (χ3n) is 3.31. The normalized spacial score (nSPS) is 29.1. The van der Waals surface area contributed by atoms with Crippen LogP contribution in [0.3, 0.4) is 0 Å². The predicted octanol–water partition coefficient (Wildman–Crippen LogP) is 2.58. The van der Waals surface area contributed by atoms with Crippen molar-refractivity contribution in [3.05, 3.63) is 0 Å². The standard InChI is InChI=1S/C12H25NO/c1-5-12(3,4)9-13-11-6-7-14-10(2)8-11/h10-11,13H,5-9H2,1-4H3. The Bertz CT molecular complexity index is 168. The lowest BCUT2D eigenvalue weighted by atomic mass is 9.89. The van der Waals surface area contributed by atoms with Crippen molar-refractivity contribution in [1.29, 1.82) is 0 Å². The molecule has 1 aliphatic rings. The van der Waals surface area contributed by atoms with Gasteiger partial charge in [-0.05, 0) is 31.6 Å². The summed E-state index contributed by atoms with van der Waals surface area (Å²) in [4.78, 5) is 0. The summed E-state index contributed by atoms with van der Waals surface area (Å²) in [5, 5.41) is 3.66. The maximum atomic E-state index is 5.53. The number of hydrogen-bond donors (Lipinski definition) is 1. The van der Waals surface area contributed by atoms with Gasteiger partial charge in [0.25, 0.3) is 0 Å². The zero-order chi connectivity index (χ0) is 10.6. The molecule has 2 atom stereocenters. The minimum Gasteiger partial charge on any atom is -0.378 e. The molecule has 0 spiro atoms. The molecule has 0 aliphatic carbocycles. The van der Waals surface area contributed by atoms with Crippen LogP contribution in [0.1, 0.15) is 47.0 Å². The SMILES string of the molecule is CCC(C)(C)CNC1CCOC(C)C1. The van der Waals surface area contributed by atoms with Crippen LogP contribution in [-0.4, -0.2) is 25.3 Å². The Balaban J connectivity index is 2.23. The fourth-order valence-corrected chi connectivity index (χ4v) is 1.73. The second-order valence-corrected chi connectivity index (χ2v) is 5.30. The zero-order valence-electron chi connectivity index (χ0n) is 10.1. The monoisotopic (exact) mass is 199 g/mol. The third kappa shape index (κ3) is 3.97. The lowest BCUT2D eigenvalue weighted by Gasteiger charge is -2.31. The first-order valence-corrected chi connectivity index (χ1v) is 5.88. The van der Waals surface area contributed by atoms with Gasteiger partial charge in [-0.3, -0.25) is 0 Å². The van der Waals surface area contributed by atoms with E-state index in [0.29, 0.717) is 17.6 Å². The molecular weight excluding hydrogens is 174 g/mol. The topological polar surface area (TPSA) is 21.3 Å². The number of hydrogen-bond acceptors (Lipinski definition) is 2. The average molecular weight is 199 g/mol. The first kappa shape index (κ1) is 12.0. The van der Waals surface area contributed by atoms with E-state index in [9.17, 15) is 0 Å². The molecule has 0 aromatic carbocycles. The molecular formula is C12H25NO. The fourth-order valence-electron chi connectivity index (χ4n) is 1.73. The second kappa shape index (κ2) is 5.13. The van der Waals surface area contributed by atoms with Crippen molar-refractivity contribution in [2.24, 2.45) is 5.41 Å². The molecule has 14 heavy (non-hydrogen) atoms. The molecule has 1 fully saturated rings. The van der Waals surface area contributed by atoms with Crippen LogP contribution in [-0.2, 0) is 4.74 Å². The van der Waals surface area contributed by atoms with Crippen molar-refractivity contribution >= 4 is 0 Å². The molecule has 1 saturated heterocycles. The molecule has 1 N–H and O–H groups in total. The van der Waals surface area contributed by atoms with Crippen LogP contribution >= 0.6 is 0 Å². The summed E-state index contributed by atoms with van der Waals surface area (Å²) < 4.78 is 5.53. The summed E-state index contributed by atoms with van der Waals surface area (Å²) in [5.74, 6) is 0. The maximum Gasteiger partial charge on any atom is 0.0561 e. The molecule has 0 aromatic rings. The molecule has 0 saturated carbocycles. The van der Waals surface area contributed by atoms with E-state index in [1.165, 1.54) is 19.3 Å². The van der Waals surface area contributed by atoms with Crippen LogP contribution in [0.15, 0.2) is 0 Å². The smallest absolute Gasteiger partial charge is 0.0561 e. The third-order valence-corrected chi connectivity index (χ3v) is 3.31. The fraction of sp³-hybridized carbons (Fsp3) is 1.00. The van der Waals surface area contributed by atoms with Gasteiger partial charge < -0.3 is 10.1 Å². The summed E-state index contributed by atoms with van der Waals surface area (Å²) >= 11 is 0. The van der Waals surface area contributed by atoms with E-state index in [1.54, 1.807) is 0 Å². The minimum absolute atomic E-state index is 0.432. The molecule has 1 rings (SSSR count). The van der Waals surface area contributed by atoms with Crippen LogP contribution in [0.2, 0.25) is 0 Å². The van der Waals surface area contributed by atoms with E-state index in [4.69, 9.17) is 4.74 Å². The molecule has 84 valence electrons. The summed E-state index contributed by atoms with van der Waals surface area (Å²) in [5.41, 5.74) is 0.432. The van der Waals surface area contributed by atoms with Gasteiger partial charge in [0.1, 0.15) is 0 Å². The average Bonchev–Trinajstić information content (AvgIpc) is 2.15. The van der Waals surface area contributed by atoms with Crippen molar-refractivity contribution in [1.82, 2.24) is 5.32 Å². The van der Waals surface area contributed by atoms with E-state index in [-0.39, 0.29) is 0 Å². The van der Waals surface area contributed by atoms with Gasteiger partial charge in [0.15, 0.2) is 0 Å². The van der Waals surface area contributed by atoms with Crippen LogP contribution in [0.5, 0.6) is 0 Å². The van der Waals surface area contributed by atoms with E-state index >= 15 is 0 Å². The molecule has 2 heteroatoms. The maximum absolute atomic E-state index is 5.53. The first-order chi connectivity index (χ1) is 6.53. The highest BCUT2D eigenvalue weighted by atomic mass is 16.5. The first-order valence-electron chi connectivity index (χ1n) is 5.88. The molecule has 0 amide bonds. The molecule has 2 unspecified atom stereocenters. The molecule has 0 aromatic heterocycles. The van der Waals surface area contributed by atoms with Crippen LogP contribution in [0, 0.1) is 5.41 Å². The lowest BCUT2D eigenvalue weighted by molar-refractivity contribution is 0.0117. The Morgan fingerprint density at radius 1 is 1.43 bits per heavy atom. The molecule has 1 aliphatic heterocycles. The number of nitrogens with one attached hydrogen (secondary N) is 1. The minimum atomic E-state index is 0.432. The predicted molar refractivity (Wildman–Crippen MR) is 60.5 cm³/mol. The molecule has 1 heterocycles. The van der Waals surface area contributed by atoms with Crippen molar-refractivity contribution in [3.8, 4) is 0 Å². The van der Waals surface area contributed by atoms with Crippen molar-refractivity contribution in [2.45, 2.75) is 59.1 Å². The molecule has 2 nitrogen and oxygen atoms in total. The molecule has 0 radical (unpaired) electrons. The largest absolute Gasteiger partial charge is 0.378 e. The van der Waals surface area contributed by atoms with Crippen LogP contribution < -0.4 is 5.32 Å². The number of rotatable bonds is 4. The Kier molecular flexibility index (Phi) is 4.39. The van der Waals surface area contributed by atoms with E-state index in [0.717, 1.165) is 13.2 Å².